The zero-order chi connectivity index (χ0) is 23.6. The van der Waals surface area contributed by atoms with Crippen LogP contribution >= 0.6 is 0 Å². The number of alkyl halides is 1. The van der Waals surface area contributed by atoms with E-state index < -0.39 is 11.8 Å². The van der Waals surface area contributed by atoms with Crippen LogP contribution in [0, 0.1) is 5.41 Å². The van der Waals surface area contributed by atoms with Gasteiger partial charge in [-0.1, -0.05) is 12.1 Å². The molecule has 7 nitrogen and oxygen atoms in total. The van der Waals surface area contributed by atoms with Gasteiger partial charge < -0.3 is 14.6 Å². The Hall–Kier alpha value is -2.84. The van der Waals surface area contributed by atoms with E-state index in [0.29, 0.717) is 48.6 Å². The summed E-state index contributed by atoms with van der Waals surface area (Å²) in [5.41, 5.74) is 2.87. The summed E-state index contributed by atoms with van der Waals surface area (Å²) in [6.45, 7) is 6.42. The number of nitrogens with zero attached hydrogens (tertiary/aromatic N) is 3. The van der Waals surface area contributed by atoms with Gasteiger partial charge in [-0.3, -0.25) is 14.5 Å². The zero-order valence-corrected chi connectivity index (χ0v) is 19.3. The first-order valence-electron chi connectivity index (χ1n) is 11.3. The number of fused-ring (bicyclic) bond motifs is 1. The van der Waals surface area contributed by atoms with Crippen molar-refractivity contribution in [2.24, 2.45) is 5.41 Å². The van der Waals surface area contributed by atoms with Crippen LogP contribution in [0.3, 0.4) is 0 Å². The van der Waals surface area contributed by atoms with Gasteiger partial charge in [0, 0.05) is 61.9 Å². The molecule has 33 heavy (non-hydrogen) atoms. The van der Waals surface area contributed by atoms with Crippen molar-refractivity contribution in [3.63, 3.8) is 0 Å². The molecule has 1 aromatic carbocycles. The van der Waals surface area contributed by atoms with Gasteiger partial charge in [-0.15, -0.1) is 0 Å². The number of carbonyl (C=O) groups excluding carboxylic acids is 1. The van der Waals surface area contributed by atoms with E-state index in [1.807, 2.05) is 30.7 Å². The third kappa shape index (κ3) is 4.91. The van der Waals surface area contributed by atoms with E-state index in [2.05, 4.69) is 4.98 Å². The minimum Gasteiger partial charge on any atom is -0.461 e. The number of rotatable bonds is 8. The van der Waals surface area contributed by atoms with E-state index in [1.54, 1.807) is 24.4 Å². The van der Waals surface area contributed by atoms with Crippen LogP contribution in [0.15, 0.2) is 36.5 Å². The lowest BCUT2D eigenvalue weighted by Crippen LogP contribution is -2.35. The maximum absolute atomic E-state index is 13.3. The highest BCUT2D eigenvalue weighted by Gasteiger charge is 2.34. The Bertz CT molecular complexity index is 1140. The molecule has 0 spiro atoms. The molecule has 3 heterocycles. The minimum atomic E-state index is -1.42. The van der Waals surface area contributed by atoms with Gasteiger partial charge >= 0.3 is 0 Å². The van der Waals surface area contributed by atoms with Crippen molar-refractivity contribution in [1.82, 2.24) is 14.8 Å². The van der Waals surface area contributed by atoms with E-state index in [4.69, 9.17) is 14.6 Å². The van der Waals surface area contributed by atoms with Gasteiger partial charge in [-0.05, 0) is 44.9 Å². The lowest BCUT2D eigenvalue weighted by molar-refractivity contribution is -0.0173. The SMILES string of the molecule is CC(F)Oc1cccc(-c2nn(C(C)C)c3cc(C(=O)CC4(CO)CCOCC4)cnc23)c1. The molecule has 3 aromatic rings. The number of aliphatic hydroxyl groups is 1. The normalized spacial score (nSPS) is 16.8. The molecule has 1 aliphatic rings. The molecule has 1 N–H and O–H groups in total. The molecular weight excluding hydrogens is 425 g/mol. The van der Waals surface area contributed by atoms with Gasteiger partial charge in [0.15, 0.2) is 5.78 Å². The van der Waals surface area contributed by atoms with Crippen LogP contribution < -0.4 is 4.74 Å². The van der Waals surface area contributed by atoms with Crippen LogP contribution in [0.5, 0.6) is 5.75 Å². The molecule has 1 aliphatic heterocycles. The van der Waals surface area contributed by atoms with E-state index >= 15 is 0 Å². The van der Waals surface area contributed by atoms with Crippen molar-refractivity contribution in [3.05, 3.63) is 42.1 Å². The zero-order valence-electron chi connectivity index (χ0n) is 19.3. The molecule has 176 valence electrons. The highest BCUT2D eigenvalue weighted by molar-refractivity contribution is 6.00. The Morgan fingerprint density at radius 2 is 2.03 bits per heavy atom. The fraction of sp³-hybridized carbons (Fsp3) is 0.480. The van der Waals surface area contributed by atoms with Crippen LogP contribution in [-0.4, -0.2) is 51.8 Å². The summed E-state index contributed by atoms with van der Waals surface area (Å²) < 4.78 is 25.8. The lowest BCUT2D eigenvalue weighted by Gasteiger charge is -2.34. The predicted octanol–water partition coefficient (Wildman–Crippen LogP) is 4.74. The number of Topliss-reactive ketones (excluding diaryl/α,β-unsaturated/α-hetero) is 1. The van der Waals surface area contributed by atoms with Crippen LogP contribution in [0.4, 0.5) is 4.39 Å². The molecule has 0 bridgehead atoms. The third-order valence-electron chi connectivity index (χ3n) is 6.19. The molecule has 0 amide bonds. The molecule has 0 radical (unpaired) electrons. The number of halogens is 1. The highest BCUT2D eigenvalue weighted by atomic mass is 19.1. The first-order chi connectivity index (χ1) is 15.8. The molecule has 8 heteroatoms. The summed E-state index contributed by atoms with van der Waals surface area (Å²) >= 11 is 0. The first-order valence-corrected chi connectivity index (χ1v) is 11.3. The fourth-order valence-corrected chi connectivity index (χ4v) is 4.30. The standard InChI is InChI=1S/C25H30FN3O4/c1-16(2)29-21-12-19(22(31)13-25(15-30)7-9-32-10-8-25)14-27-24(21)23(28-29)18-5-4-6-20(11-18)33-17(3)26/h4-6,11-12,14,16-17,30H,7-10,13,15H2,1-3H3. The Balaban J connectivity index is 1.71. The summed E-state index contributed by atoms with van der Waals surface area (Å²) in [7, 11) is 0. The Kier molecular flexibility index (Phi) is 6.76. The Labute approximate surface area is 192 Å². The Morgan fingerprint density at radius 3 is 2.70 bits per heavy atom. The monoisotopic (exact) mass is 455 g/mol. The van der Waals surface area contributed by atoms with Gasteiger partial charge in [0.05, 0.1) is 5.52 Å². The van der Waals surface area contributed by atoms with Crippen molar-refractivity contribution < 1.29 is 23.8 Å². The minimum absolute atomic E-state index is 0.0398. The lowest BCUT2D eigenvalue weighted by atomic mass is 9.76. The van der Waals surface area contributed by atoms with Crippen LogP contribution in [0.2, 0.25) is 0 Å². The van der Waals surface area contributed by atoms with Gasteiger partial charge in [0.2, 0.25) is 6.36 Å². The molecule has 2 aromatic heterocycles. The van der Waals surface area contributed by atoms with Crippen molar-refractivity contribution in [1.29, 1.82) is 0 Å². The number of pyridine rings is 1. The van der Waals surface area contributed by atoms with Gasteiger partial charge in [0.25, 0.3) is 0 Å². The van der Waals surface area contributed by atoms with Crippen molar-refractivity contribution >= 4 is 16.8 Å². The number of ether oxygens (including phenoxy) is 2. The second-order valence-electron chi connectivity index (χ2n) is 9.04. The van der Waals surface area contributed by atoms with E-state index in [0.717, 1.165) is 11.1 Å². The number of aliphatic hydroxyl groups excluding tert-OH is 1. The number of benzene rings is 1. The van der Waals surface area contributed by atoms with Crippen molar-refractivity contribution in [2.75, 3.05) is 19.8 Å². The molecule has 0 saturated carbocycles. The molecule has 1 atom stereocenters. The average Bonchev–Trinajstić information content (AvgIpc) is 3.18. The van der Waals surface area contributed by atoms with E-state index in [9.17, 15) is 14.3 Å². The smallest absolute Gasteiger partial charge is 0.235 e. The molecule has 1 unspecified atom stereocenters. The van der Waals surface area contributed by atoms with Crippen LogP contribution in [-0.2, 0) is 4.74 Å². The maximum atomic E-state index is 13.3. The Morgan fingerprint density at radius 1 is 1.27 bits per heavy atom. The number of hydrogen-bond donors (Lipinski definition) is 1. The van der Waals surface area contributed by atoms with Crippen LogP contribution in [0.25, 0.3) is 22.3 Å². The molecule has 1 fully saturated rings. The number of ketones is 1. The molecule has 0 aliphatic carbocycles. The third-order valence-corrected chi connectivity index (χ3v) is 6.19. The average molecular weight is 456 g/mol. The fourth-order valence-electron chi connectivity index (χ4n) is 4.30. The number of hydrogen-bond acceptors (Lipinski definition) is 6. The van der Waals surface area contributed by atoms with Gasteiger partial charge in [0.1, 0.15) is 17.0 Å². The maximum Gasteiger partial charge on any atom is 0.235 e. The van der Waals surface area contributed by atoms with E-state index in [-0.39, 0.29) is 24.9 Å². The predicted molar refractivity (Wildman–Crippen MR) is 123 cm³/mol. The summed E-state index contributed by atoms with van der Waals surface area (Å²) in [5, 5.41) is 14.7. The number of aromatic nitrogens is 3. The first kappa shape index (κ1) is 23.3. The quantitative estimate of drug-likeness (QED) is 0.494. The molecule has 1 saturated heterocycles. The van der Waals surface area contributed by atoms with Crippen molar-refractivity contribution in [2.45, 2.75) is 52.4 Å². The largest absolute Gasteiger partial charge is 0.461 e. The number of carbonyl (C=O) groups is 1. The van der Waals surface area contributed by atoms with Gasteiger partial charge in [-0.2, -0.15) is 5.10 Å². The van der Waals surface area contributed by atoms with Gasteiger partial charge in [-0.25, -0.2) is 4.39 Å². The topological polar surface area (TPSA) is 86.5 Å². The van der Waals surface area contributed by atoms with Crippen LogP contribution in [0.1, 0.15) is 56.4 Å². The summed E-state index contributed by atoms with van der Waals surface area (Å²) in [6.07, 6.45) is 1.73. The van der Waals surface area contributed by atoms with E-state index in [1.165, 1.54) is 6.92 Å². The second kappa shape index (κ2) is 9.57. The summed E-state index contributed by atoms with van der Waals surface area (Å²) in [5.74, 6) is 0.359. The van der Waals surface area contributed by atoms with Crippen molar-refractivity contribution in [3.8, 4) is 17.0 Å². The highest BCUT2D eigenvalue weighted by Crippen LogP contribution is 2.36. The molecular formula is C25H30FN3O4. The second-order valence-corrected chi connectivity index (χ2v) is 9.04. The molecule has 4 rings (SSSR count). The summed E-state index contributed by atoms with van der Waals surface area (Å²) in [4.78, 5) is 17.8. The summed E-state index contributed by atoms with van der Waals surface area (Å²) in [6, 6.07) is 8.96.